The van der Waals surface area contributed by atoms with Gasteiger partial charge in [-0.1, -0.05) is 20.4 Å². The van der Waals surface area contributed by atoms with Gasteiger partial charge in [-0.2, -0.15) is 0 Å². The molecule has 2 heteroatoms. The molecular weight excluding hydrogens is 160 g/mol. The first-order chi connectivity index (χ1) is 6.25. The van der Waals surface area contributed by atoms with Gasteiger partial charge in [0.1, 0.15) is 0 Å². The molecule has 0 aromatic carbocycles. The van der Waals surface area contributed by atoms with E-state index in [1.807, 2.05) is 13.8 Å². The SMILES string of the molecule is C=C1CC2CN(C)CC2CN1.CC. The van der Waals surface area contributed by atoms with Crippen LogP contribution >= 0.6 is 0 Å². The highest BCUT2D eigenvalue weighted by Crippen LogP contribution is 2.29. The number of hydrogen-bond donors (Lipinski definition) is 1. The Bertz CT molecular complexity index is 177. The van der Waals surface area contributed by atoms with Crippen molar-refractivity contribution in [1.29, 1.82) is 0 Å². The summed E-state index contributed by atoms with van der Waals surface area (Å²) >= 11 is 0. The van der Waals surface area contributed by atoms with Crippen LogP contribution < -0.4 is 5.32 Å². The molecule has 2 atom stereocenters. The van der Waals surface area contributed by atoms with Crippen molar-refractivity contribution in [2.24, 2.45) is 11.8 Å². The van der Waals surface area contributed by atoms with Gasteiger partial charge >= 0.3 is 0 Å². The summed E-state index contributed by atoms with van der Waals surface area (Å²) < 4.78 is 0. The van der Waals surface area contributed by atoms with Crippen LogP contribution in [0.5, 0.6) is 0 Å². The van der Waals surface area contributed by atoms with Gasteiger partial charge in [-0.25, -0.2) is 0 Å². The Morgan fingerprint density at radius 3 is 2.62 bits per heavy atom. The molecule has 0 spiro atoms. The number of allylic oxidation sites excluding steroid dienone is 1. The van der Waals surface area contributed by atoms with Crippen LogP contribution in [-0.2, 0) is 0 Å². The molecule has 2 aliphatic rings. The molecule has 0 bridgehead atoms. The van der Waals surface area contributed by atoms with Gasteiger partial charge in [-0.05, 0) is 25.3 Å². The number of fused-ring (bicyclic) bond motifs is 1. The summed E-state index contributed by atoms with van der Waals surface area (Å²) in [5.74, 6) is 1.76. The quantitative estimate of drug-likeness (QED) is 0.613. The van der Waals surface area contributed by atoms with E-state index in [-0.39, 0.29) is 0 Å². The van der Waals surface area contributed by atoms with Crippen LogP contribution in [0, 0.1) is 11.8 Å². The van der Waals surface area contributed by atoms with Crippen molar-refractivity contribution < 1.29 is 0 Å². The van der Waals surface area contributed by atoms with Crippen LogP contribution in [0.4, 0.5) is 0 Å². The fourth-order valence-electron chi connectivity index (χ4n) is 2.30. The van der Waals surface area contributed by atoms with E-state index in [0.29, 0.717) is 0 Å². The lowest BCUT2D eigenvalue weighted by Crippen LogP contribution is -2.33. The van der Waals surface area contributed by atoms with E-state index in [0.717, 1.165) is 18.4 Å². The predicted molar refractivity (Wildman–Crippen MR) is 57.6 cm³/mol. The summed E-state index contributed by atoms with van der Waals surface area (Å²) in [4.78, 5) is 2.43. The molecule has 76 valence electrons. The van der Waals surface area contributed by atoms with Crippen molar-refractivity contribution in [2.75, 3.05) is 26.7 Å². The zero-order valence-corrected chi connectivity index (χ0v) is 9.14. The molecule has 1 N–H and O–H groups in total. The van der Waals surface area contributed by atoms with E-state index >= 15 is 0 Å². The number of rotatable bonds is 0. The zero-order valence-electron chi connectivity index (χ0n) is 9.14. The largest absolute Gasteiger partial charge is 0.388 e. The Balaban J connectivity index is 0.000000396. The monoisotopic (exact) mass is 182 g/mol. The summed E-state index contributed by atoms with van der Waals surface area (Å²) in [6.45, 7) is 11.7. The number of hydrogen-bond acceptors (Lipinski definition) is 2. The molecule has 2 heterocycles. The molecule has 0 aliphatic carbocycles. The Morgan fingerprint density at radius 1 is 1.31 bits per heavy atom. The molecule has 13 heavy (non-hydrogen) atoms. The third-order valence-electron chi connectivity index (χ3n) is 2.88. The predicted octanol–water partition coefficient (Wildman–Crippen LogP) is 1.70. The second-order valence-corrected chi connectivity index (χ2v) is 3.93. The first-order valence-corrected chi connectivity index (χ1v) is 5.36. The van der Waals surface area contributed by atoms with E-state index in [1.165, 1.54) is 25.2 Å². The van der Waals surface area contributed by atoms with Gasteiger partial charge in [0, 0.05) is 25.3 Å². The van der Waals surface area contributed by atoms with Crippen LogP contribution in [0.1, 0.15) is 20.3 Å². The van der Waals surface area contributed by atoms with Crippen LogP contribution in [0.2, 0.25) is 0 Å². The highest BCUT2D eigenvalue weighted by atomic mass is 15.1. The van der Waals surface area contributed by atoms with E-state index in [4.69, 9.17) is 0 Å². The Hall–Kier alpha value is -0.500. The zero-order chi connectivity index (χ0) is 9.84. The first kappa shape index (κ1) is 10.6. The first-order valence-electron chi connectivity index (χ1n) is 5.36. The van der Waals surface area contributed by atoms with Crippen LogP contribution in [-0.4, -0.2) is 31.6 Å². The summed E-state index contributed by atoms with van der Waals surface area (Å²) in [5, 5.41) is 3.35. The Labute approximate surface area is 82.0 Å². The van der Waals surface area contributed by atoms with Crippen molar-refractivity contribution in [1.82, 2.24) is 10.2 Å². The van der Waals surface area contributed by atoms with Crippen molar-refractivity contribution in [3.63, 3.8) is 0 Å². The minimum atomic E-state index is 0.880. The van der Waals surface area contributed by atoms with Crippen molar-refractivity contribution in [3.8, 4) is 0 Å². The number of piperidine rings is 1. The minimum Gasteiger partial charge on any atom is -0.388 e. The topological polar surface area (TPSA) is 15.3 Å². The summed E-state index contributed by atoms with van der Waals surface area (Å²) in [6, 6.07) is 0. The van der Waals surface area contributed by atoms with Crippen molar-refractivity contribution >= 4 is 0 Å². The normalized spacial score (nSPS) is 33.0. The van der Waals surface area contributed by atoms with Crippen LogP contribution in [0.15, 0.2) is 12.3 Å². The van der Waals surface area contributed by atoms with Gasteiger partial charge in [0.25, 0.3) is 0 Å². The van der Waals surface area contributed by atoms with Gasteiger partial charge < -0.3 is 10.2 Å². The summed E-state index contributed by atoms with van der Waals surface area (Å²) in [7, 11) is 2.21. The molecule has 0 radical (unpaired) electrons. The summed E-state index contributed by atoms with van der Waals surface area (Å²) in [6.07, 6.45) is 1.19. The highest BCUT2D eigenvalue weighted by Gasteiger charge is 2.33. The molecular formula is C11H22N2. The molecule has 2 nitrogen and oxygen atoms in total. The summed E-state index contributed by atoms with van der Waals surface area (Å²) in [5.41, 5.74) is 1.24. The van der Waals surface area contributed by atoms with Gasteiger partial charge in [0.05, 0.1) is 0 Å². The second kappa shape index (κ2) is 4.66. The van der Waals surface area contributed by atoms with Gasteiger partial charge in [-0.15, -0.1) is 0 Å². The van der Waals surface area contributed by atoms with Crippen molar-refractivity contribution in [2.45, 2.75) is 20.3 Å². The van der Waals surface area contributed by atoms with E-state index in [1.54, 1.807) is 0 Å². The van der Waals surface area contributed by atoms with Crippen LogP contribution in [0.25, 0.3) is 0 Å². The van der Waals surface area contributed by atoms with Gasteiger partial charge in [-0.3, -0.25) is 0 Å². The van der Waals surface area contributed by atoms with Crippen molar-refractivity contribution in [3.05, 3.63) is 12.3 Å². The van der Waals surface area contributed by atoms with Crippen LogP contribution in [0.3, 0.4) is 0 Å². The smallest absolute Gasteiger partial charge is 0.0187 e. The Morgan fingerprint density at radius 2 is 1.92 bits per heavy atom. The fourth-order valence-corrected chi connectivity index (χ4v) is 2.30. The minimum absolute atomic E-state index is 0.880. The lowest BCUT2D eigenvalue weighted by molar-refractivity contribution is 0.355. The maximum atomic E-state index is 3.97. The molecule has 2 unspecified atom stereocenters. The molecule has 0 aromatic heterocycles. The van der Waals surface area contributed by atoms with E-state index < -0.39 is 0 Å². The lowest BCUT2D eigenvalue weighted by atomic mass is 9.88. The maximum absolute atomic E-state index is 3.97. The average Bonchev–Trinajstić information content (AvgIpc) is 2.48. The second-order valence-electron chi connectivity index (χ2n) is 3.93. The molecule has 0 saturated carbocycles. The molecule has 2 aliphatic heterocycles. The molecule has 2 saturated heterocycles. The standard InChI is InChI=1S/C9H16N2.C2H6/c1-7-3-8-5-11(2)6-9(8)4-10-7;1-2/h8-10H,1,3-6H2,2H3;1-2H3. The molecule has 2 rings (SSSR count). The van der Waals surface area contributed by atoms with E-state index in [2.05, 4.69) is 23.8 Å². The number of nitrogens with zero attached hydrogens (tertiary/aromatic N) is 1. The Kier molecular flexibility index (Phi) is 3.79. The average molecular weight is 182 g/mol. The maximum Gasteiger partial charge on any atom is 0.0187 e. The fraction of sp³-hybridized carbons (Fsp3) is 0.818. The molecule has 0 aromatic rings. The molecule has 0 amide bonds. The highest BCUT2D eigenvalue weighted by molar-refractivity contribution is 5.02. The third-order valence-corrected chi connectivity index (χ3v) is 2.88. The third kappa shape index (κ3) is 2.47. The lowest BCUT2D eigenvalue weighted by Gasteiger charge is -2.27. The van der Waals surface area contributed by atoms with Gasteiger partial charge in [0.15, 0.2) is 0 Å². The number of nitrogens with one attached hydrogen (secondary N) is 1. The van der Waals surface area contributed by atoms with E-state index in [9.17, 15) is 0 Å². The van der Waals surface area contributed by atoms with Gasteiger partial charge in [0.2, 0.25) is 0 Å². The molecule has 2 fully saturated rings. The number of likely N-dealkylation sites (tertiary alicyclic amines) is 1.